The monoisotopic (exact) mass is 225 g/mol. The quantitative estimate of drug-likeness (QED) is 0.490. The minimum atomic E-state index is -0.0225. The number of carbonyl (C=O) groups excluding carboxylic acids is 1. The average molecular weight is 225 g/mol. The summed E-state index contributed by atoms with van der Waals surface area (Å²) < 4.78 is 5.25. The first kappa shape index (κ1) is 9.73. The van der Waals surface area contributed by atoms with E-state index in [4.69, 9.17) is 4.74 Å². The zero-order valence-corrected chi connectivity index (χ0v) is 9.41. The average Bonchev–Trinajstić information content (AvgIpc) is 2.77. The Morgan fingerprint density at radius 2 is 2.13 bits per heavy atom. The lowest BCUT2D eigenvalue weighted by atomic mass is 9.97. The zero-order valence-electron chi connectivity index (χ0n) is 8.59. The van der Waals surface area contributed by atoms with E-state index in [1.54, 1.807) is 0 Å². The van der Waals surface area contributed by atoms with Gasteiger partial charge in [-0.25, -0.2) is 0 Å². The van der Waals surface area contributed by atoms with Crippen molar-refractivity contribution in [3.8, 4) is 0 Å². The fraction of sp³-hybridized carbons (Fsp3) is 0.727. The van der Waals surface area contributed by atoms with Crippen LogP contribution in [0.4, 0.5) is 0 Å². The standard InChI is InChI=1S/C11H15NO2S/c13-11-7-8-9(1-2-10(8)14-11)12-3-5-15-6-4-12/h1-2,8-10H,3-7H2. The molecule has 0 spiro atoms. The predicted octanol–water partition coefficient (Wildman–Crippen LogP) is 0.905. The molecule has 0 radical (unpaired) electrons. The molecule has 0 aromatic carbocycles. The van der Waals surface area contributed by atoms with Crippen LogP contribution in [-0.4, -0.2) is 47.6 Å². The van der Waals surface area contributed by atoms with Gasteiger partial charge < -0.3 is 4.74 Å². The number of hydrogen-bond donors (Lipinski definition) is 0. The molecule has 2 saturated heterocycles. The Bertz CT molecular complexity index is 299. The zero-order chi connectivity index (χ0) is 10.3. The normalized spacial score (nSPS) is 40.5. The lowest BCUT2D eigenvalue weighted by Gasteiger charge is -2.33. The highest BCUT2D eigenvalue weighted by molar-refractivity contribution is 7.99. The minimum Gasteiger partial charge on any atom is -0.458 e. The summed E-state index contributed by atoms with van der Waals surface area (Å²) in [4.78, 5) is 13.7. The first-order chi connectivity index (χ1) is 7.34. The molecular formula is C11H15NO2S. The van der Waals surface area contributed by atoms with E-state index in [0.717, 1.165) is 13.1 Å². The molecule has 0 saturated carbocycles. The van der Waals surface area contributed by atoms with Crippen molar-refractivity contribution in [3.05, 3.63) is 12.2 Å². The lowest BCUT2D eigenvalue weighted by Crippen LogP contribution is -2.43. The molecule has 2 aliphatic heterocycles. The number of rotatable bonds is 1. The van der Waals surface area contributed by atoms with Crippen molar-refractivity contribution in [1.29, 1.82) is 0 Å². The van der Waals surface area contributed by atoms with E-state index < -0.39 is 0 Å². The van der Waals surface area contributed by atoms with Crippen LogP contribution in [0.3, 0.4) is 0 Å². The Labute approximate surface area is 93.8 Å². The molecule has 0 N–H and O–H groups in total. The van der Waals surface area contributed by atoms with Gasteiger partial charge in [0.2, 0.25) is 0 Å². The highest BCUT2D eigenvalue weighted by Gasteiger charge is 2.43. The third-order valence-electron chi connectivity index (χ3n) is 3.50. The Balaban J connectivity index is 1.71. The Morgan fingerprint density at radius 1 is 1.33 bits per heavy atom. The summed E-state index contributed by atoms with van der Waals surface area (Å²) in [6.45, 7) is 2.30. The van der Waals surface area contributed by atoms with Crippen LogP contribution in [0.15, 0.2) is 12.2 Å². The molecule has 1 aliphatic carbocycles. The van der Waals surface area contributed by atoms with Gasteiger partial charge in [0.05, 0.1) is 6.42 Å². The van der Waals surface area contributed by atoms with Crippen LogP contribution in [-0.2, 0) is 9.53 Å². The molecular weight excluding hydrogens is 210 g/mol. The predicted molar refractivity (Wildman–Crippen MR) is 59.8 cm³/mol. The summed E-state index contributed by atoms with van der Waals surface area (Å²) in [7, 11) is 0. The summed E-state index contributed by atoms with van der Waals surface area (Å²) in [6.07, 6.45) is 4.98. The molecule has 15 heavy (non-hydrogen) atoms. The summed E-state index contributed by atoms with van der Waals surface area (Å²) in [5.74, 6) is 2.80. The van der Waals surface area contributed by atoms with Gasteiger partial charge in [-0.2, -0.15) is 11.8 Å². The smallest absolute Gasteiger partial charge is 0.306 e. The summed E-state index contributed by atoms with van der Waals surface area (Å²) >= 11 is 2.02. The molecule has 3 atom stereocenters. The second kappa shape index (κ2) is 3.83. The number of carbonyl (C=O) groups is 1. The van der Waals surface area contributed by atoms with Crippen LogP contribution in [0, 0.1) is 5.92 Å². The Kier molecular flexibility index (Phi) is 2.48. The molecule has 0 aromatic heterocycles. The van der Waals surface area contributed by atoms with E-state index in [1.165, 1.54) is 11.5 Å². The summed E-state index contributed by atoms with van der Waals surface area (Å²) in [6, 6.07) is 0.447. The summed E-state index contributed by atoms with van der Waals surface area (Å²) in [5.41, 5.74) is 0. The van der Waals surface area contributed by atoms with E-state index in [-0.39, 0.29) is 12.1 Å². The molecule has 82 valence electrons. The first-order valence-electron chi connectivity index (χ1n) is 5.54. The van der Waals surface area contributed by atoms with E-state index >= 15 is 0 Å². The van der Waals surface area contributed by atoms with Crippen LogP contribution < -0.4 is 0 Å². The SMILES string of the molecule is O=C1CC2C(C=CC2N2CCSCC2)O1. The third kappa shape index (κ3) is 1.70. The number of ether oxygens (including phenoxy) is 1. The van der Waals surface area contributed by atoms with Gasteiger partial charge >= 0.3 is 5.97 Å². The van der Waals surface area contributed by atoms with E-state index in [2.05, 4.69) is 17.1 Å². The molecule has 3 rings (SSSR count). The van der Waals surface area contributed by atoms with E-state index in [0.29, 0.717) is 18.4 Å². The maximum Gasteiger partial charge on any atom is 0.306 e. The molecule has 2 heterocycles. The van der Waals surface area contributed by atoms with E-state index in [1.807, 2.05) is 11.8 Å². The highest BCUT2D eigenvalue weighted by Crippen LogP contribution is 2.35. The fourth-order valence-corrected chi connectivity index (χ4v) is 3.66. The topological polar surface area (TPSA) is 29.5 Å². The van der Waals surface area contributed by atoms with Crippen molar-refractivity contribution in [2.75, 3.05) is 24.6 Å². The van der Waals surface area contributed by atoms with Gasteiger partial charge in [0.1, 0.15) is 6.10 Å². The van der Waals surface area contributed by atoms with Crippen molar-refractivity contribution in [1.82, 2.24) is 4.90 Å². The van der Waals surface area contributed by atoms with Crippen molar-refractivity contribution in [2.45, 2.75) is 18.6 Å². The summed E-state index contributed by atoms with van der Waals surface area (Å²) in [5, 5.41) is 0. The van der Waals surface area contributed by atoms with Gasteiger partial charge in [-0.3, -0.25) is 9.69 Å². The highest BCUT2D eigenvalue weighted by atomic mass is 32.2. The first-order valence-corrected chi connectivity index (χ1v) is 6.70. The lowest BCUT2D eigenvalue weighted by molar-refractivity contribution is -0.140. The van der Waals surface area contributed by atoms with Crippen LogP contribution in [0.5, 0.6) is 0 Å². The molecule has 2 fully saturated rings. The molecule has 4 heteroatoms. The van der Waals surface area contributed by atoms with Crippen LogP contribution in [0.25, 0.3) is 0 Å². The third-order valence-corrected chi connectivity index (χ3v) is 4.44. The Hall–Kier alpha value is -0.480. The van der Waals surface area contributed by atoms with Gasteiger partial charge in [-0.1, -0.05) is 6.08 Å². The number of hydrogen-bond acceptors (Lipinski definition) is 4. The molecule has 3 unspecified atom stereocenters. The van der Waals surface area contributed by atoms with Crippen molar-refractivity contribution >= 4 is 17.7 Å². The minimum absolute atomic E-state index is 0.0225. The molecule has 0 amide bonds. The van der Waals surface area contributed by atoms with Crippen LogP contribution in [0.2, 0.25) is 0 Å². The maximum absolute atomic E-state index is 11.2. The van der Waals surface area contributed by atoms with Gasteiger partial charge in [-0.15, -0.1) is 0 Å². The number of esters is 1. The molecule has 3 aliphatic rings. The van der Waals surface area contributed by atoms with Gasteiger partial charge in [0.15, 0.2) is 0 Å². The maximum atomic E-state index is 11.2. The molecule has 3 nitrogen and oxygen atoms in total. The Morgan fingerprint density at radius 3 is 2.93 bits per heavy atom. The van der Waals surface area contributed by atoms with Crippen molar-refractivity contribution < 1.29 is 9.53 Å². The van der Waals surface area contributed by atoms with Gasteiger partial charge in [0.25, 0.3) is 0 Å². The van der Waals surface area contributed by atoms with Crippen LogP contribution in [0.1, 0.15) is 6.42 Å². The fourth-order valence-electron chi connectivity index (χ4n) is 2.73. The van der Waals surface area contributed by atoms with Crippen molar-refractivity contribution in [2.24, 2.45) is 5.92 Å². The van der Waals surface area contributed by atoms with E-state index in [9.17, 15) is 4.79 Å². The van der Waals surface area contributed by atoms with Crippen molar-refractivity contribution in [3.63, 3.8) is 0 Å². The number of thioether (sulfide) groups is 1. The molecule has 0 bridgehead atoms. The second-order valence-electron chi connectivity index (χ2n) is 4.35. The van der Waals surface area contributed by atoms with Gasteiger partial charge in [-0.05, 0) is 6.08 Å². The number of fused-ring (bicyclic) bond motifs is 1. The second-order valence-corrected chi connectivity index (χ2v) is 5.57. The molecule has 0 aromatic rings. The largest absolute Gasteiger partial charge is 0.458 e. The number of nitrogens with zero attached hydrogens (tertiary/aromatic N) is 1. The van der Waals surface area contributed by atoms with Gasteiger partial charge in [0, 0.05) is 36.6 Å². The van der Waals surface area contributed by atoms with Crippen LogP contribution >= 0.6 is 11.8 Å².